The fourth-order valence-corrected chi connectivity index (χ4v) is 2.78. The van der Waals surface area contributed by atoms with Gasteiger partial charge in [-0.05, 0) is 30.5 Å². The Morgan fingerprint density at radius 1 is 1.24 bits per heavy atom. The number of aromatic nitrogens is 2. The van der Waals surface area contributed by atoms with Gasteiger partial charge in [0.05, 0.1) is 21.1 Å². The minimum absolute atomic E-state index is 0.527. The molecule has 0 aliphatic rings. The third kappa shape index (κ3) is 1.84. The fourth-order valence-electron chi connectivity index (χ4n) is 1.76. The van der Waals surface area contributed by atoms with Crippen LogP contribution in [-0.2, 0) is 0 Å². The Balaban J connectivity index is 2.24. The summed E-state index contributed by atoms with van der Waals surface area (Å²) in [6.45, 7) is 2.08. The van der Waals surface area contributed by atoms with E-state index in [-0.39, 0.29) is 0 Å². The number of fused-ring (bicyclic) bond motifs is 1. The summed E-state index contributed by atoms with van der Waals surface area (Å²) >= 11 is 13.6. The number of benzene rings is 1. The molecule has 1 N–H and O–H groups in total. The van der Waals surface area contributed by atoms with Gasteiger partial charge in [-0.1, -0.05) is 23.2 Å². The molecule has 0 radical (unpaired) electrons. The van der Waals surface area contributed by atoms with E-state index in [0.717, 1.165) is 22.4 Å². The van der Waals surface area contributed by atoms with E-state index in [4.69, 9.17) is 23.2 Å². The first kappa shape index (κ1) is 11.1. The molecule has 2 heterocycles. The molecule has 1 aromatic carbocycles. The van der Waals surface area contributed by atoms with Crippen LogP contribution in [0.5, 0.6) is 0 Å². The van der Waals surface area contributed by atoms with E-state index in [1.165, 1.54) is 4.88 Å². The van der Waals surface area contributed by atoms with Gasteiger partial charge in [-0.3, -0.25) is 0 Å². The molecule has 0 saturated carbocycles. The SMILES string of the molecule is Cc1sccc1-c1nc2cc(Cl)c(Cl)cc2[nH]1. The first-order valence-corrected chi connectivity index (χ1v) is 6.68. The summed E-state index contributed by atoms with van der Waals surface area (Å²) in [4.78, 5) is 9.02. The molecular formula is C12H8Cl2N2S. The molecule has 0 atom stereocenters. The minimum Gasteiger partial charge on any atom is -0.338 e. The number of aromatic amines is 1. The Hall–Kier alpha value is -1.03. The van der Waals surface area contributed by atoms with Gasteiger partial charge in [0.25, 0.3) is 0 Å². The van der Waals surface area contributed by atoms with Crippen LogP contribution in [-0.4, -0.2) is 9.97 Å². The molecule has 0 aliphatic carbocycles. The molecule has 0 saturated heterocycles. The number of imidazole rings is 1. The van der Waals surface area contributed by atoms with Crippen molar-refractivity contribution in [2.75, 3.05) is 0 Å². The number of aryl methyl sites for hydroxylation is 1. The Morgan fingerprint density at radius 3 is 2.71 bits per heavy atom. The van der Waals surface area contributed by atoms with Crippen LogP contribution in [0.15, 0.2) is 23.6 Å². The highest BCUT2D eigenvalue weighted by molar-refractivity contribution is 7.10. The predicted octanol–water partition coefficient (Wildman–Crippen LogP) is 4.91. The fraction of sp³-hybridized carbons (Fsp3) is 0.0833. The van der Waals surface area contributed by atoms with Crippen molar-refractivity contribution in [2.45, 2.75) is 6.92 Å². The lowest BCUT2D eigenvalue weighted by Crippen LogP contribution is -1.78. The number of H-pyrrole nitrogens is 1. The highest BCUT2D eigenvalue weighted by atomic mass is 35.5. The van der Waals surface area contributed by atoms with Crippen molar-refractivity contribution in [3.63, 3.8) is 0 Å². The first-order chi connectivity index (χ1) is 8.15. The standard InChI is InChI=1S/C12H8Cl2N2S/c1-6-7(2-3-17-6)12-15-10-4-8(13)9(14)5-11(10)16-12/h2-5H,1H3,(H,15,16). The van der Waals surface area contributed by atoms with Crippen LogP contribution in [0, 0.1) is 6.92 Å². The van der Waals surface area contributed by atoms with E-state index in [1.54, 1.807) is 23.5 Å². The molecule has 3 rings (SSSR count). The number of nitrogens with zero attached hydrogens (tertiary/aromatic N) is 1. The molecule has 3 aromatic rings. The number of halogens is 2. The molecule has 2 aromatic heterocycles. The van der Waals surface area contributed by atoms with Crippen LogP contribution in [0.25, 0.3) is 22.4 Å². The molecule has 0 bridgehead atoms. The lowest BCUT2D eigenvalue weighted by molar-refractivity contribution is 1.33. The van der Waals surface area contributed by atoms with Crippen LogP contribution in [0.2, 0.25) is 10.0 Å². The summed E-state index contributed by atoms with van der Waals surface area (Å²) in [6, 6.07) is 5.64. The van der Waals surface area contributed by atoms with Crippen LogP contribution in [0.1, 0.15) is 4.88 Å². The molecule has 17 heavy (non-hydrogen) atoms. The van der Waals surface area contributed by atoms with Gasteiger partial charge in [-0.2, -0.15) is 0 Å². The first-order valence-electron chi connectivity index (χ1n) is 5.04. The summed E-state index contributed by atoms with van der Waals surface area (Å²) in [6.07, 6.45) is 0. The molecule has 0 amide bonds. The summed E-state index contributed by atoms with van der Waals surface area (Å²) < 4.78 is 0. The molecule has 5 heteroatoms. The minimum atomic E-state index is 0.527. The van der Waals surface area contributed by atoms with Crippen LogP contribution >= 0.6 is 34.5 Å². The van der Waals surface area contributed by atoms with Gasteiger partial charge in [-0.25, -0.2) is 4.98 Å². The smallest absolute Gasteiger partial charge is 0.139 e. The Morgan fingerprint density at radius 2 is 2.00 bits per heavy atom. The van der Waals surface area contributed by atoms with Gasteiger partial charge in [-0.15, -0.1) is 11.3 Å². The monoisotopic (exact) mass is 282 g/mol. The van der Waals surface area contributed by atoms with Crippen molar-refractivity contribution in [3.05, 3.63) is 38.5 Å². The molecule has 0 spiro atoms. The van der Waals surface area contributed by atoms with Crippen molar-refractivity contribution in [3.8, 4) is 11.4 Å². The Bertz CT molecular complexity index is 661. The van der Waals surface area contributed by atoms with E-state index < -0.39 is 0 Å². The maximum absolute atomic E-state index is 5.98. The highest BCUT2D eigenvalue weighted by Crippen LogP contribution is 2.30. The number of hydrogen-bond donors (Lipinski definition) is 1. The van der Waals surface area contributed by atoms with Gasteiger partial charge in [0.1, 0.15) is 5.82 Å². The highest BCUT2D eigenvalue weighted by Gasteiger charge is 2.10. The zero-order chi connectivity index (χ0) is 12.0. The number of thiophene rings is 1. The maximum Gasteiger partial charge on any atom is 0.139 e. The van der Waals surface area contributed by atoms with E-state index >= 15 is 0 Å². The van der Waals surface area contributed by atoms with Gasteiger partial charge in [0.15, 0.2) is 0 Å². The topological polar surface area (TPSA) is 28.7 Å². The summed E-state index contributed by atoms with van der Waals surface area (Å²) in [5.74, 6) is 0.858. The number of hydrogen-bond acceptors (Lipinski definition) is 2. The van der Waals surface area contributed by atoms with Crippen LogP contribution in [0.3, 0.4) is 0 Å². The largest absolute Gasteiger partial charge is 0.338 e. The zero-order valence-corrected chi connectivity index (χ0v) is 11.2. The quantitative estimate of drug-likeness (QED) is 0.675. The summed E-state index contributed by atoms with van der Waals surface area (Å²) in [5.41, 5.74) is 2.86. The predicted molar refractivity (Wildman–Crippen MR) is 74.2 cm³/mol. The van der Waals surface area contributed by atoms with Crippen molar-refractivity contribution >= 4 is 45.6 Å². The second-order valence-electron chi connectivity index (χ2n) is 3.76. The normalized spacial score (nSPS) is 11.2. The molecule has 0 aliphatic heterocycles. The second kappa shape index (κ2) is 4.02. The third-order valence-electron chi connectivity index (χ3n) is 2.64. The molecule has 0 unspecified atom stereocenters. The molecule has 2 nitrogen and oxygen atoms in total. The lowest BCUT2D eigenvalue weighted by Gasteiger charge is -1.93. The van der Waals surface area contributed by atoms with Gasteiger partial charge >= 0.3 is 0 Å². The Kier molecular flexibility index (Phi) is 2.62. The van der Waals surface area contributed by atoms with Crippen molar-refractivity contribution < 1.29 is 0 Å². The zero-order valence-electron chi connectivity index (χ0n) is 8.92. The van der Waals surface area contributed by atoms with Crippen LogP contribution < -0.4 is 0 Å². The van der Waals surface area contributed by atoms with E-state index in [9.17, 15) is 0 Å². The lowest BCUT2D eigenvalue weighted by atomic mass is 10.2. The molecule has 86 valence electrons. The van der Waals surface area contributed by atoms with E-state index in [2.05, 4.69) is 28.3 Å². The van der Waals surface area contributed by atoms with E-state index in [1.807, 2.05) is 0 Å². The van der Waals surface area contributed by atoms with E-state index in [0.29, 0.717) is 10.0 Å². The maximum atomic E-state index is 5.98. The van der Waals surface area contributed by atoms with Crippen molar-refractivity contribution in [1.82, 2.24) is 9.97 Å². The number of nitrogens with one attached hydrogen (secondary N) is 1. The van der Waals surface area contributed by atoms with Crippen LogP contribution in [0.4, 0.5) is 0 Å². The molecular weight excluding hydrogens is 275 g/mol. The summed E-state index contributed by atoms with van der Waals surface area (Å²) in [5, 5.41) is 3.12. The second-order valence-corrected chi connectivity index (χ2v) is 5.69. The molecule has 0 fully saturated rings. The van der Waals surface area contributed by atoms with Gasteiger partial charge in [0.2, 0.25) is 0 Å². The Labute approximate surface area is 112 Å². The third-order valence-corrected chi connectivity index (χ3v) is 4.21. The van der Waals surface area contributed by atoms with Gasteiger partial charge in [0, 0.05) is 10.4 Å². The van der Waals surface area contributed by atoms with Crippen molar-refractivity contribution in [1.29, 1.82) is 0 Å². The summed E-state index contributed by atoms with van der Waals surface area (Å²) in [7, 11) is 0. The van der Waals surface area contributed by atoms with Crippen molar-refractivity contribution in [2.24, 2.45) is 0 Å². The van der Waals surface area contributed by atoms with Gasteiger partial charge < -0.3 is 4.98 Å². The average Bonchev–Trinajstić information content (AvgIpc) is 2.85. The average molecular weight is 283 g/mol. The number of rotatable bonds is 1.